The molecule has 3 aromatic rings. The molecule has 8 nitrogen and oxygen atoms in total. The molecular weight excluding hydrogens is 404 g/mol. The van der Waals surface area contributed by atoms with E-state index >= 15 is 0 Å². The van der Waals surface area contributed by atoms with Gasteiger partial charge in [0.15, 0.2) is 0 Å². The molecule has 0 amide bonds. The van der Waals surface area contributed by atoms with E-state index in [9.17, 15) is 10.2 Å². The first-order valence-corrected chi connectivity index (χ1v) is 10.9. The van der Waals surface area contributed by atoms with E-state index in [0.29, 0.717) is 44.2 Å². The lowest BCUT2D eigenvalue weighted by atomic mass is 9.73. The Balaban J connectivity index is 1.50. The number of nitrogens with one attached hydrogen (secondary N) is 1. The van der Waals surface area contributed by atoms with Crippen LogP contribution in [0.1, 0.15) is 23.4 Å². The number of aryl methyl sites for hydroxylation is 1. The zero-order valence-corrected chi connectivity index (χ0v) is 18.3. The van der Waals surface area contributed by atoms with Crippen LogP contribution in [-0.4, -0.2) is 55.9 Å². The number of aliphatic hydroxyl groups excluding tert-OH is 2. The van der Waals surface area contributed by atoms with Crippen LogP contribution in [0.2, 0.25) is 0 Å². The quantitative estimate of drug-likeness (QED) is 0.447. The number of hydrogen-bond donors (Lipinski definition) is 4. The minimum Gasteiger partial charge on any atom is -0.396 e. The van der Waals surface area contributed by atoms with Crippen molar-refractivity contribution in [3.63, 3.8) is 0 Å². The van der Waals surface area contributed by atoms with Gasteiger partial charge in [0.25, 0.3) is 0 Å². The lowest BCUT2D eigenvalue weighted by Crippen LogP contribution is -2.54. The van der Waals surface area contributed by atoms with E-state index in [4.69, 9.17) is 5.73 Å². The van der Waals surface area contributed by atoms with E-state index in [0.717, 1.165) is 16.8 Å². The van der Waals surface area contributed by atoms with E-state index < -0.39 is 11.5 Å². The summed E-state index contributed by atoms with van der Waals surface area (Å²) in [5.41, 5.74) is 8.41. The third-order valence-corrected chi connectivity index (χ3v) is 6.02. The summed E-state index contributed by atoms with van der Waals surface area (Å²) in [6, 6.07) is 17.9. The number of nitrogens with zero attached hydrogens (tertiary/aromatic N) is 4. The SMILES string of the molecule is Cc1cccc(Nc2nc(N)nc(CN3CC[C@H](O)[C@](CO)(Cc4ccccc4)C3)n2)c1. The van der Waals surface area contributed by atoms with Crippen molar-refractivity contribution >= 4 is 17.6 Å². The number of hydrogen-bond acceptors (Lipinski definition) is 8. The third-order valence-electron chi connectivity index (χ3n) is 6.02. The molecule has 0 saturated carbocycles. The Morgan fingerprint density at radius 2 is 1.94 bits per heavy atom. The monoisotopic (exact) mass is 434 g/mol. The Labute approximate surface area is 188 Å². The summed E-state index contributed by atoms with van der Waals surface area (Å²) in [6.07, 6.45) is 0.593. The van der Waals surface area contributed by atoms with Crippen molar-refractivity contribution in [1.29, 1.82) is 0 Å². The maximum absolute atomic E-state index is 10.8. The number of benzene rings is 2. The van der Waals surface area contributed by atoms with Crippen LogP contribution in [-0.2, 0) is 13.0 Å². The topological polar surface area (TPSA) is 120 Å². The Kier molecular flexibility index (Phi) is 6.64. The molecule has 5 N–H and O–H groups in total. The maximum atomic E-state index is 10.8. The maximum Gasteiger partial charge on any atom is 0.232 e. The molecule has 0 unspecified atom stereocenters. The van der Waals surface area contributed by atoms with Gasteiger partial charge in [0.05, 0.1) is 19.3 Å². The van der Waals surface area contributed by atoms with Crippen LogP contribution < -0.4 is 11.1 Å². The highest BCUT2D eigenvalue weighted by Crippen LogP contribution is 2.34. The minimum absolute atomic E-state index is 0.0981. The zero-order chi connectivity index (χ0) is 22.6. The first kappa shape index (κ1) is 22.1. The molecule has 2 atom stereocenters. The zero-order valence-electron chi connectivity index (χ0n) is 18.3. The first-order chi connectivity index (χ1) is 15.5. The Morgan fingerprint density at radius 3 is 2.69 bits per heavy atom. The Morgan fingerprint density at radius 1 is 1.12 bits per heavy atom. The number of piperidine rings is 1. The summed E-state index contributed by atoms with van der Waals surface area (Å²) < 4.78 is 0. The predicted molar refractivity (Wildman–Crippen MR) is 124 cm³/mol. The smallest absolute Gasteiger partial charge is 0.232 e. The molecule has 168 valence electrons. The van der Waals surface area contributed by atoms with Gasteiger partial charge in [-0.1, -0.05) is 42.5 Å². The molecule has 1 aliphatic heterocycles. The van der Waals surface area contributed by atoms with Crippen molar-refractivity contribution in [3.8, 4) is 0 Å². The van der Waals surface area contributed by atoms with Crippen LogP contribution in [0, 0.1) is 12.3 Å². The highest BCUT2D eigenvalue weighted by molar-refractivity contribution is 5.54. The summed E-state index contributed by atoms with van der Waals surface area (Å²) in [4.78, 5) is 15.2. The number of nitrogen functional groups attached to an aromatic ring is 1. The molecule has 0 spiro atoms. The third kappa shape index (κ3) is 5.21. The summed E-state index contributed by atoms with van der Waals surface area (Å²) in [5.74, 6) is 1.10. The fourth-order valence-corrected chi connectivity index (χ4v) is 4.38. The molecule has 0 aliphatic carbocycles. The van der Waals surface area contributed by atoms with E-state index in [1.54, 1.807) is 0 Å². The number of aliphatic hydroxyl groups is 2. The van der Waals surface area contributed by atoms with E-state index in [1.165, 1.54) is 0 Å². The first-order valence-electron chi connectivity index (χ1n) is 10.9. The molecule has 1 aliphatic rings. The van der Waals surface area contributed by atoms with Gasteiger partial charge in [-0.25, -0.2) is 0 Å². The standard InChI is InChI=1S/C24H30N6O2/c1-17-6-5-9-19(12-17)26-23-28-21(27-22(25)29-23)14-30-11-10-20(32)24(15-30,16-31)13-18-7-3-2-4-8-18/h2-9,12,20,31-32H,10-11,13-16H2,1H3,(H3,25,26,27,28,29)/t20-,24+/m0/s1. The number of rotatable bonds is 7. The van der Waals surface area contributed by atoms with Crippen LogP contribution in [0.3, 0.4) is 0 Å². The van der Waals surface area contributed by atoms with Crippen LogP contribution in [0.4, 0.5) is 17.6 Å². The van der Waals surface area contributed by atoms with E-state index in [1.807, 2.05) is 61.5 Å². The lowest BCUT2D eigenvalue weighted by molar-refractivity contribution is -0.0773. The highest BCUT2D eigenvalue weighted by Gasteiger charge is 2.42. The van der Waals surface area contributed by atoms with Crippen molar-refractivity contribution in [2.45, 2.75) is 32.4 Å². The molecule has 1 saturated heterocycles. The summed E-state index contributed by atoms with van der Waals surface area (Å²) >= 11 is 0. The average Bonchev–Trinajstić information content (AvgIpc) is 2.76. The van der Waals surface area contributed by atoms with E-state index in [-0.39, 0.29) is 12.6 Å². The number of aromatic nitrogens is 3. The Bertz CT molecular complexity index is 1050. The molecule has 4 rings (SSSR count). The summed E-state index contributed by atoms with van der Waals surface area (Å²) in [6.45, 7) is 3.60. The second-order valence-corrected chi connectivity index (χ2v) is 8.63. The van der Waals surface area contributed by atoms with Gasteiger partial charge in [0, 0.05) is 24.2 Å². The molecule has 0 bridgehead atoms. The fourth-order valence-electron chi connectivity index (χ4n) is 4.38. The number of nitrogens with two attached hydrogens (primary N) is 1. The molecule has 8 heteroatoms. The summed E-state index contributed by atoms with van der Waals surface area (Å²) in [7, 11) is 0. The summed E-state index contributed by atoms with van der Waals surface area (Å²) in [5, 5.41) is 24.2. The molecule has 32 heavy (non-hydrogen) atoms. The van der Waals surface area contributed by atoms with Crippen LogP contribution in [0.15, 0.2) is 54.6 Å². The number of likely N-dealkylation sites (tertiary alicyclic amines) is 1. The van der Waals surface area contributed by atoms with Crippen molar-refractivity contribution in [2.24, 2.45) is 5.41 Å². The normalized spacial score (nSPS) is 21.4. The second kappa shape index (κ2) is 9.60. The highest BCUT2D eigenvalue weighted by atomic mass is 16.3. The van der Waals surface area contributed by atoms with Crippen LogP contribution in [0.5, 0.6) is 0 Å². The van der Waals surface area contributed by atoms with Gasteiger partial charge in [0.2, 0.25) is 11.9 Å². The average molecular weight is 435 g/mol. The molecule has 0 radical (unpaired) electrons. The van der Waals surface area contributed by atoms with Gasteiger partial charge in [-0.3, -0.25) is 4.90 Å². The number of anilines is 3. The van der Waals surface area contributed by atoms with Crippen molar-refractivity contribution < 1.29 is 10.2 Å². The van der Waals surface area contributed by atoms with Gasteiger partial charge in [0.1, 0.15) is 5.82 Å². The molecule has 1 fully saturated rings. The van der Waals surface area contributed by atoms with Gasteiger partial charge >= 0.3 is 0 Å². The minimum atomic E-state index is -0.638. The van der Waals surface area contributed by atoms with Gasteiger partial charge in [-0.2, -0.15) is 15.0 Å². The van der Waals surface area contributed by atoms with E-state index in [2.05, 4.69) is 25.2 Å². The molecule has 2 aromatic carbocycles. The van der Waals surface area contributed by atoms with Gasteiger partial charge in [-0.05, 0) is 43.0 Å². The predicted octanol–water partition coefficient (Wildman–Crippen LogP) is 2.29. The lowest BCUT2D eigenvalue weighted by Gasteiger charge is -2.45. The van der Waals surface area contributed by atoms with Crippen LogP contribution in [0.25, 0.3) is 0 Å². The largest absolute Gasteiger partial charge is 0.396 e. The van der Waals surface area contributed by atoms with Crippen molar-refractivity contribution in [2.75, 3.05) is 30.7 Å². The van der Waals surface area contributed by atoms with Gasteiger partial charge in [-0.15, -0.1) is 0 Å². The van der Waals surface area contributed by atoms with Crippen molar-refractivity contribution in [3.05, 3.63) is 71.5 Å². The molecular formula is C24H30N6O2. The molecule has 2 heterocycles. The molecule has 1 aromatic heterocycles. The van der Waals surface area contributed by atoms with Crippen LogP contribution >= 0.6 is 0 Å². The van der Waals surface area contributed by atoms with Gasteiger partial charge < -0.3 is 21.3 Å². The second-order valence-electron chi connectivity index (χ2n) is 8.63. The fraction of sp³-hybridized carbons (Fsp3) is 0.375. The van der Waals surface area contributed by atoms with Crippen molar-refractivity contribution in [1.82, 2.24) is 19.9 Å². The Hall–Kier alpha value is -3.07.